The van der Waals surface area contributed by atoms with E-state index in [2.05, 4.69) is 28.1 Å². The first-order valence-electron chi connectivity index (χ1n) is 7.62. The van der Waals surface area contributed by atoms with Gasteiger partial charge in [-0.2, -0.15) is 11.8 Å². The van der Waals surface area contributed by atoms with E-state index in [1.165, 1.54) is 35.2 Å². The van der Waals surface area contributed by atoms with Crippen LogP contribution in [0.1, 0.15) is 15.2 Å². The highest BCUT2D eigenvalue weighted by Gasteiger charge is 2.13. The van der Waals surface area contributed by atoms with Gasteiger partial charge in [-0.3, -0.25) is 4.79 Å². The van der Waals surface area contributed by atoms with Crippen LogP contribution < -0.4 is 10.0 Å². The van der Waals surface area contributed by atoms with Crippen molar-refractivity contribution in [1.82, 2.24) is 10.0 Å². The first-order chi connectivity index (χ1) is 12.0. The van der Waals surface area contributed by atoms with Crippen molar-refractivity contribution < 1.29 is 13.2 Å². The second-order valence-electron chi connectivity index (χ2n) is 5.05. The van der Waals surface area contributed by atoms with Crippen molar-refractivity contribution in [1.29, 1.82) is 0 Å². The van der Waals surface area contributed by atoms with E-state index in [1.807, 2.05) is 6.07 Å². The molecule has 0 saturated heterocycles. The number of benzene rings is 1. The van der Waals surface area contributed by atoms with Crippen molar-refractivity contribution in [2.45, 2.75) is 10.6 Å². The Kier molecular flexibility index (Phi) is 7.70. The molecule has 134 valence electrons. The van der Waals surface area contributed by atoms with Crippen LogP contribution in [-0.4, -0.2) is 33.2 Å². The molecule has 0 saturated carbocycles. The van der Waals surface area contributed by atoms with E-state index in [1.54, 1.807) is 23.1 Å². The third kappa shape index (κ3) is 6.32. The Labute approximate surface area is 156 Å². The Balaban J connectivity index is 1.78. The van der Waals surface area contributed by atoms with E-state index in [9.17, 15) is 13.2 Å². The third-order valence-electron chi connectivity index (χ3n) is 3.20. The fraction of sp³-hybridized carbons (Fsp3) is 0.235. The first-order valence-corrected chi connectivity index (χ1v) is 11.1. The number of thiophene rings is 1. The van der Waals surface area contributed by atoms with E-state index in [-0.39, 0.29) is 17.3 Å². The van der Waals surface area contributed by atoms with Crippen LogP contribution in [0.25, 0.3) is 0 Å². The maximum Gasteiger partial charge on any atom is 0.251 e. The summed E-state index contributed by atoms with van der Waals surface area (Å²) in [6, 6.07) is 9.99. The third-order valence-corrected chi connectivity index (χ3v) is 6.71. The maximum atomic E-state index is 12.1. The van der Waals surface area contributed by atoms with E-state index >= 15 is 0 Å². The molecule has 2 rings (SSSR count). The summed E-state index contributed by atoms with van der Waals surface area (Å²) in [6.07, 6.45) is 1.47. The summed E-state index contributed by atoms with van der Waals surface area (Å²) in [6.45, 7) is 4.20. The zero-order valence-electron chi connectivity index (χ0n) is 13.6. The lowest BCUT2D eigenvalue weighted by Crippen LogP contribution is -2.26. The van der Waals surface area contributed by atoms with Gasteiger partial charge in [0, 0.05) is 35.0 Å². The number of nitrogens with one attached hydrogen (secondary N) is 2. The summed E-state index contributed by atoms with van der Waals surface area (Å²) in [4.78, 5) is 13.5. The summed E-state index contributed by atoms with van der Waals surface area (Å²) < 4.78 is 26.3. The molecule has 1 aromatic carbocycles. The largest absolute Gasteiger partial charge is 0.351 e. The topological polar surface area (TPSA) is 75.3 Å². The second kappa shape index (κ2) is 9.76. The highest BCUT2D eigenvalue weighted by atomic mass is 32.2. The number of hydrogen-bond donors (Lipinski definition) is 2. The zero-order chi connectivity index (χ0) is 18.1. The van der Waals surface area contributed by atoms with E-state index in [4.69, 9.17) is 0 Å². The molecule has 1 aromatic heterocycles. The molecule has 1 heterocycles. The standard InChI is InChI=1S/C17H20N2O3S3/c1-2-9-19-25(21,22)16-7-5-14(6-8-16)17(20)18-10-12-23-13-15-4-3-11-24-15/h2-8,11,19H,1,9-10,12-13H2,(H,18,20). The van der Waals surface area contributed by atoms with Crippen molar-refractivity contribution in [2.24, 2.45) is 0 Å². The van der Waals surface area contributed by atoms with E-state index in [0.717, 1.165) is 11.5 Å². The number of thioether (sulfide) groups is 1. The highest BCUT2D eigenvalue weighted by molar-refractivity contribution is 7.98. The van der Waals surface area contributed by atoms with Gasteiger partial charge in [0.05, 0.1) is 4.90 Å². The lowest BCUT2D eigenvalue weighted by molar-refractivity contribution is 0.0956. The smallest absolute Gasteiger partial charge is 0.251 e. The van der Waals surface area contributed by atoms with Crippen molar-refractivity contribution in [3.05, 3.63) is 64.9 Å². The SMILES string of the molecule is C=CCNS(=O)(=O)c1ccc(C(=O)NCCSCc2cccs2)cc1. The average Bonchev–Trinajstić information content (AvgIpc) is 3.13. The molecule has 0 atom stereocenters. The minimum atomic E-state index is -3.57. The van der Waals surface area contributed by atoms with Crippen LogP contribution in [0.2, 0.25) is 0 Å². The lowest BCUT2D eigenvalue weighted by Gasteiger charge is -2.07. The van der Waals surface area contributed by atoms with Gasteiger partial charge in [0.2, 0.25) is 10.0 Å². The van der Waals surface area contributed by atoms with Gasteiger partial charge in [0.25, 0.3) is 5.91 Å². The molecule has 0 aliphatic carbocycles. The number of carbonyl (C=O) groups is 1. The molecule has 0 unspecified atom stereocenters. The van der Waals surface area contributed by atoms with E-state index in [0.29, 0.717) is 12.1 Å². The summed E-state index contributed by atoms with van der Waals surface area (Å²) >= 11 is 3.49. The molecule has 2 N–H and O–H groups in total. The molecular weight excluding hydrogens is 376 g/mol. The molecule has 25 heavy (non-hydrogen) atoms. The average molecular weight is 397 g/mol. The molecule has 2 aromatic rings. The van der Waals surface area contributed by atoms with Crippen LogP contribution in [-0.2, 0) is 15.8 Å². The normalized spacial score (nSPS) is 11.2. The Morgan fingerprint density at radius 3 is 2.64 bits per heavy atom. The van der Waals surface area contributed by atoms with Crippen LogP contribution in [0.4, 0.5) is 0 Å². The number of carbonyl (C=O) groups excluding carboxylic acids is 1. The van der Waals surface area contributed by atoms with Crippen molar-refractivity contribution in [3.8, 4) is 0 Å². The van der Waals surface area contributed by atoms with Gasteiger partial charge in [0.1, 0.15) is 0 Å². The molecule has 1 amide bonds. The predicted octanol–water partition coefficient (Wildman–Crippen LogP) is 2.88. The van der Waals surface area contributed by atoms with Crippen LogP contribution >= 0.6 is 23.1 Å². The number of rotatable bonds is 10. The number of sulfonamides is 1. The van der Waals surface area contributed by atoms with Gasteiger partial charge >= 0.3 is 0 Å². The second-order valence-corrected chi connectivity index (χ2v) is 8.96. The van der Waals surface area contributed by atoms with E-state index < -0.39 is 10.0 Å². The fourth-order valence-corrected chi connectivity index (χ4v) is 4.64. The van der Waals surface area contributed by atoms with Crippen LogP contribution in [0.3, 0.4) is 0 Å². The maximum absolute atomic E-state index is 12.1. The van der Waals surface area contributed by atoms with Gasteiger partial charge < -0.3 is 5.32 Å². The number of hydrogen-bond acceptors (Lipinski definition) is 5. The molecule has 5 nitrogen and oxygen atoms in total. The summed E-state index contributed by atoms with van der Waals surface area (Å²) in [5, 5.41) is 4.89. The van der Waals surface area contributed by atoms with Gasteiger partial charge in [-0.15, -0.1) is 17.9 Å². The van der Waals surface area contributed by atoms with Crippen molar-refractivity contribution >= 4 is 39.0 Å². The molecular formula is C17H20N2O3S3. The zero-order valence-corrected chi connectivity index (χ0v) is 16.1. The Morgan fingerprint density at radius 1 is 1.24 bits per heavy atom. The molecule has 0 spiro atoms. The molecule has 0 radical (unpaired) electrons. The van der Waals surface area contributed by atoms with Crippen LogP contribution in [0.5, 0.6) is 0 Å². The minimum absolute atomic E-state index is 0.123. The molecule has 0 aliphatic heterocycles. The monoisotopic (exact) mass is 396 g/mol. The van der Waals surface area contributed by atoms with Gasteiger partial charge in [0.15, 0.2) is 0 Å². The molecule has 0 aliphatic rings. The molecule has 8 heteroatoms. The summed E-state index contributed by atoms with van der Waals surface area (Å²) in [5.41, 5.74) is 0.436. The van der Waals surface area contributed by atoms with Crippen LogP contribution in [0.15, 0.2) is 59.3 Å². The lowest BCUT2D eigenvalue weighted by atomic mass is 10.2. The quantitative estimate of drug-likeness (QED) is 0.478. The molecule has 0 fully saturated rings. The van der Waals surface area contributed by atoms with Crippen molar-refractivity contribution in [2.75, 3.05) is 18.8 Å². The molecule has 0 bridgehead atoms. The Bertz CT molecular complexity index is 785. The van der Waals surface area contributed by atoms with Gasteiger partial charge in [-0.25, -0.2) is 13.1 Å². The summed E-state index contributed by atoms with van der Waals surface area (Å²) in [5.74, 6) is 1.55. The van der Waals surface area contributed by atoms with Crippen LogP contribution in [0, 0.1) is 0 Å². The van der Waals surface area contributed by atoms with Gasteiger partial charge in [-0.1, -0.05) is 12.1 Å². The van der Waals surface area contributed by atoms with Gasteiger partial charge in [-0.05, 0) is 35.7 Å². The Morgan fingerprint density at radius 2 is 2.00 bits per heavy atom. The Hall–Kier alpha value is -1.61. The highest BCUT2D eigenvalue weighted by Crippen LogP contribution is 2.16. The minimum Gasteiger partial charge on any atom is -0.351 e. The number of amides is 1. The fourth-order valence-electron chi connectivity index (χ4n) is 1.94. The summed E-state index contributed by atoms with van der Waals surface area (Å²) in [7, 11) is -3.57. The van der Waals surface area contributed by atoms with Crippen molar-refractivity contribution in [3.63, 3.8) is 0 Å². The first kappa shape index (κ1) is 19.7. The predicted molar refractivity (Wildman–Crippen MR) is 105 cm³/mol.